The topological polar surface area (TPSA) is 106 Å². The highest BCUT2D eigenvalue weighted by Crippen LogP contribution is 2.32. The standard InChI is InChI=1S/C29H28N8O2/c1-34-18-24(16-32-34)22-11-26(29-23(13-30)15-33-37(29)19-22)21-5-10-36(28(38)12-21)25-6-8-35(9-7-25)17-20-3-4-27(39-2)31-14-20/h3-5,10-12,14-16,18-19,25H,6-9,17H2,1-2H3. The van der Waals surface area contributed by atoms with E-state index in [0.717, 1.165) is 60.3 Å². The van der Waals surface area contributed by atoms with Crippen LogP contribution < -0.4 is 10.3 Å². The summed E-state index contributed by atoms with van der Waals surface area (Å²) < 4.78 is 10.4. The number of fused-ring (bicyclic) bond motifs is 1. The molecule has 0 aromatic carbocycles. The van der Waals surface area contributed by atoms with Crippen LogP contribution in [0.5, 0.6) is 5.88 Å². The Balaban J connectivity index is 1.25. The van der Waals surface area contributed by atoms with E-state index in [9.17, 15) is 10.1 Å². The van der Waals surface area contributed by atoms with Crippen molar-refractivity contribution in [1.29, 1.82) is 5.26 Å². The molecule has 5 aromatic rings. The molecule has 0 radical (unpaired) electrons. The van der Waals surface area contributed by atoms with Crippen molar-refractivity contribution in [3.05, 3.63) is 89.0 Å². The smallest absolute Gasteiger partial charge is 0.251 e. The second-order valence-corrected chi connectivity index (χ2v) is 9.89. The summed E-state index contributed by atoms with van der Waals surface area (Å²) >= 11 is 0. The minimum Gasteiger partial charge on any atom is -0.481 e. The van der Waals surface area contributed by atoms with Crippen LogP contribution in [0.3, 0.4) is 0 Å². The largest absolute Gasteiger partial charge is 0.481 e. The molecule has 0 spiro atoms. The highest BCUT2D eigenvalue weighted by molar-refractivity contribution is 5.87. The van der Waals surface area contributed by atoms with Crippen molar-refractivity contribution in [1.82, 2.24) is 33.8 Å². The van der Waals surface area contributed by atoms with Gasteiger partial charge in [0, 0.05) is 86.3 Å². The molecule has 1 fully saturated rings. The van der Waals surface area contributed by atoms with Gasteiger partial charge in [0.1, 0.15) is 6.07 Å². The summed E-state index contributed by atoms with van der Waals surface area (Å²) in [6.07, 6.45) is 12.7. The van der Waals surface area contributed by atoms with E-state index in [-0.39, 0.29) is 11.6 Å². The van der Waals surface area contributed by atoms with E-state index < -0.39 is 0 Å². The second kappa shape index (κ2) is 10.2. The van der Waals surface area contributed by atoms with Crippen molar-refractivity contribution >= 4 is 5.52 Å². The number of piperidine rings is 1. The molecule has 10 heteroatoms. The first-order valence-corrected chi connectivity index (χ1v) is 12.9. The molecule has 196 valence electrons. The van der Waals surface area contributed by atoms with Crippen molar-refractivity contribution in [2.45, 2.75) is 25.4 Å². The summed E-state index contributed by atoms with van der Waals surface area (Å²) in [6, 6.07) is 11.9. The Morgan fingerprint density at radius 2 is 1.87 bits per heavy atom. The Hall–Kier alpha value is -4.75. The van der Waals surface area contributed by atoms with Crippen molar-refractivity contribution in [3.63, 3.8) is 0 Å². The minimum absolute atomic E-state index is 0.0479. The predicted octanol–water partition coefficient (Wildman–Crippen LogP) is 3.68. The Labute approximate surface area is 225 Å². The molecule has 1 saturated heterocycles. The van der Waals surface area contributed by atoms with Gasteiger partial charge in [0.25, 0.3) is 5.56 Å². The lowest BCUT2D eigenvalue weighted by molar-refractivity contribution is 0.177. The summed E-state index contributed by atoms with van der Waals surface area (Å²) in [6.45, 7) is 2.63. The lowest BCUT2D eigenvalue weighted by atomic mass is 10.00. The summed E-state index contributed by atoms with van der Waals surface area (Å²) in [4.78, 5) is 20.1. The zero-order valence-electron chi connectivity index (χ0n) is 21.9. The number of hydrogen-bond acceptors (Lipinski definition) is 7. The van der Waals surface area contributed by atoms with Crippen LogP contribution in [-0.4, -0.2) is 54.0 Å². The molecule has 0 bridgehead atoms. The number of nitrogens with zero attached hydrogens (tertiary/aromatic N) is 8. The molecule has 1 aliphatic rings. The Bertz CT molecular complexity index is 1730. The molecular weight excluding hydrogens is 492 g/mol. The third-order valence-corrected chi connectivity index (χ3v) is 7.39. The molecule has 0 unspecified atom stereocenters. The summed E-state index contributed by atoms with van der Waals surface area (Å²) in [5, 5.41) is 18.4. The van der Waals surface area contributed by atoms with Gasteiger partial charge in [-0.15, -0.1) is 0 Å². The number of rotatable bonds is 6. The van der Waals surface area contributed by atoms with Gasteiger partial charge in [-0.05, 0) is 36.1 Å². The summed E-state index contributed by atoms with van der Waals surface area (Å²) in [7, 11) is 3.48. The molecule has 0 saturated carbocycles. The first-order valence-electron chi connectivity index (χ1n) is 12.9. The number of pyridine rings is 3. The molecule has 0 aliphatic carbocycles. The van der Waals surface area contributed by atoms with Crippen LogP contribution in [0.4, 0.5) is 0 Å². The van der Waals surface area contributed by atoms with Gasteiger partial charge in [0.05, 0.1) is 30.6 Å². The minimum atomic E-state index is -0.0479. The molecule has 6 rings (SSSR count). The molecule has 5 aromatic heterocycles. The number of aromatic nitrogens is 6. The van der Waals surface area contributed by atoms with Gasteiger partial charge in [-0.1, -0.05) is 6.07 Å². The van der Waals surface area contributed by atoms with Crippen LogP contribution >= 0.6 is 0 Å². The van der Waals surface area contributed by atoms with Gasteiger partial charge >= 0.3 is 0 Å². The number of ether oxygens (including phenoxy) is 1. The SMILES string of the molecule is COc1ccc(CN2CCC(n3ccc(-c4cc(-c5cnn(C)c5)cn5ncc(C#N)c45)cc3=O)CC2)cn1. The van der Waals surface area contributed by atoms with Crippen LogP contribution in [0.2, 0.25) is 0 Å². The maximum absolute atomic E-state index is 13.4. The van der Waals surface area contributed by atoms with E-state index in [2.05, 4.69) is 26.2 Å². The summed E-state index contributed by atoms with van der Waals surface area (Å²) in [5.74, 6) is 0.613. The van der Waals surface area contributed by atoms with Crippen LogP contribution in [-0.2, 0) is 13.6 Å². The zero-order chi connectivity index (χ0) is 26.9. The fourth-order valence-corrected chi connectivity index (χ4v) is 5.35. The fourth-order valence-electron chi connectivity index (χ4n) is 5.35. The van der Waals surface area contributed by atoms with Crippen LogP contribution in [0.1, 0.15) is 30.0 Å². The number of likely N-dealkylation sites (tertiary alicyclic amines) is 1. The number of hydrogen-bond donors (Lipinski definition) is 0. The Morgan fingerprint density at radius 3 is 2.54 bits per heavy atom. The molecule has 0 atom stereocenters. The van der Waals surface area contributed by atoms with Crippen LogP contribution in [0.25, 0.3) is 27.8 Å². The van der Waals surface area contributed by atoms with Crippen molar-refractivity contribution in [3.8, 4) is 34.2 Å². The average Bonchev–Trinajstić information content (AvgIpc) is 3.59. The van der Waals surface area contributed by atoms with Gasteiger partial charge in [0.2, 0.25) is 5.88 Å². The van der Waals surface area contributed by atoms with Gasteiger partial charge in [0.15, 0.2) is 0 Å². The number of nitriles is 1. The normalized spacial score (nSPS) is 14.5. The lowest BCUT2D eigenvalue weighted by Crippen LogP contribution is -2.36. The fraction of sp³-hybridized carbons (Fsp3) is 0.276. The number of methoxy groups -OCH3 is 1. The van der Waals surface area contributed by atoms with Crippen LogP contribution in [0, 0.1) is 11.3 Å². The Kier molecular flexibility index (Phi) is 6.42. The molecule has 1 aliphatic heterocycles. The molecule has 10 nitrogen and oxygen atoms in total. The highest BCUT2D eigenvalue weighted by Gasteiger charge is 2.22. The van der Waals surface area contributed by atoms with E-state index >= 15 is 0 Å². The third-order valence-electron chi connectivity index (χ3n) is 7.39. The van der Waals surface area contributed by atoms with Gasteiger partial charge in [-0.25, -0.2) is 9.50 Å². The molecular formula is C29H28N8O2. The van der Waals surface area contributed by atoms with E-state index in [1.165, 1.54) is 0 Å². The predicted molar refractivity (Wildman–Crippen MR) is 146 cm³/mol. The highest BCUT2D eigenvalue weighted by atomic mass is 16.5. The van der Waals surface area contributed by atoms with Gasteiger partial charge < -0.3 is 9.30 Å². The van der Waals surface area contributed by atoms with E-state index in [1.54, 1.807) is 34.8 Å². The van der Waals surface area contributed by atoms with E-state index in [4.69, 9.17) is 4.74 Å². The van der Waals surface area contributed by atoms with E-state index in [1.807, 2.05) is 60.7 Å². The maximum Gasteiger partial charge on any atom is 0.251 e. The Morgan fingerprint density at radius 1 is 1.03 bits per heavy atom. The van der Waals surface area contributed by atoms with Gasteiger partial charge in [-0.3, -0.25) is 14.4 Å². The second-order valence-electron chi connectivity index (χ2n) is 9.89. The number of aryl methyl sites for hydroxylation is 1. The molecule has 6 heterocycles. The first kappa shape index (κ1) is 24.6. The first-order chi connectivity index (χ1) is 19.0. The van der Waals surface area contributed by atoms with Crippen molar-refractivity contribution in [2.75, 3.05) is 20.2 Å². The molecule has 0 N–H and O–H groups in total. The zero-order valence-corrected chi connectivity index (χ0v) is 21.9. The van der Waals surface area contributed by atoms with Crippen molar-refractivity contribution < 1.29 is 4.74 Å². The van der Waals surface area contributed by atoms with E-state index in [0.29, 0.717) is 17.0 Å². The van der Waals surface area contributed by atoms with Crippen LogP contribution in [0.15, 0.2) is 72.3 Å². The monoisotopic (exact) mass is 520 g/mol. The quantitative estimate of drug-likeness (QED) is 0.336. The van der Waals surface area contributed by atoms with Gasteiger partial charge in [-0.2, -0.15) is 15.5 Å². The third kappa shape index (κ3) is 4.80. The summed E-state index contributed by atoms with van der Waals surface area (Å²) in [5.41, 5.74) is 5.63. The molecule has 0 amide bonds. The average molecular weight is 521 g/mol. The van der Waals surface area contributed by atoms with Crippen molar-refractivity contribution in [2.24, 2.45) is 7.05 Å². The maximum atomic E-state index is 13.4. The lowest BCUT2D eigenvalue weighted by Gasteiger charge is -2.32. The molecule has 39 heavy (non-hydrogen) atoms.